The van der Waals surface area contributed by atoms with Gasteiger partial charge in [-0.1, -0.05) is 13.0 Å². The number of aliphatic carboxylic acids is 1. The fraction of sp³-hybridized carbons (Fsp3) is 0.500. The summed E-state index contributed by atoms with van der Waals surface area (Å²) in [4.78, 5) is 23.1. The normalized spacial score (nSPS) is 21.0. The van der Waals surface area contributed by atoms with Gasteiger partial charge in [0.25, 0.3) is 5.91 Å². The van der Waals surface area contributed by atoms with Gasteiger partial charge < -0.3 is 15.2 Å². The first-order chi connectivity index (χ1) is 10.1. The molecule has 2 rings (SSSR count). The Hall–Kier alpha value is -2.04. The zero-order chi connectivity index (χ0) is 15.2. The van der Waals surface area contributed by atoms with Crippen molar-refractivity contribution in [2.75, 3.05) is 6.61 Å². The summed E-state index contributed by atoms with van der Waals surface area (Å²) in [6, 6.07) is 7.00. The smallest absolute Gasteiger partial charge is 0.306 e. The molecule has 1 aliphatic rings. The third-order valence-corrected chi connectivity index (χ3v) is 3.69. The molecule has 5 nitrogen and oxygen atoms in total. The molecule has 1 aliphatic carbocycles. The monoisotopic (exact) mass is 291 g/mol. The SMILES string of the molecule is CCCOc1cccc(C(=O)N[C@H]2CC[C@@H](C(=O)O)C2)c1. The minimum atomic E-state index is -0.776. The lowest BCUT2D eigenvalue weighted by atomic mass is 10.1. The van der Waals surface area contributed by atoms with Crippen LogP contribution in [0.5, 0.6) is 5.75 Å². The molecule has 1 fully saturated rings. The molecule has 1 saturated carbocycles. The molecular weight excluding hydrogens is 270 g/mol. The van der Waals surface area contributed by atoms with Crippen LogP contribution in [0, 0.1) is 5.92 Å². The van der Waals surface area contributed by atoms with Crippen molar-refractivity contribution >= 4 is 11.9 Å². The van der Waals surface area contributed by atoms with Crippen molar-refractivity contribution in [1.29, 1.82) is 0 Å². The molecule has 114 valence electrons. The Morgan fingerprint density at radius 2 is 2.19 bits per heavy atom. The zero-order valence-electron chi connectivity index (χ0n) is 12.2. The molecule has 0 aromatic heterocycles. The Morgan fingerprint density at radius 3 is 2.86 bits per heavy atom. The maximum absolute atomic E-state index is 12.2. The quantitative estimate of drug-likeness (QED) is 0.844. The molecular formula is C16H21NO4. The lowest BCUT2D eigenvalue weighted by Gasteiger charge is -2.13. The Morgan fingerprint density at radius 1 is 1.38 bits per heavy atom. The van der Waals surface area contributed by atoms with E-state index in [4.69, 9.17) is 9.84 Å². The Balaban J connectivity index is 1.93. The van der Waals surface area contributed by atoms with E-state index in [0.29, 0.717) is 37.2 Å². The molecule has 2 atom stereocenters. The van der Waals surface area contributed by atoms with Gasteiger partial charge in [-0.05, 0) is 43.9 Å². The summed E-state index contributed by atoms with van der Waals surface area (Å²) in [5, 5.41) is 11.9. The third kappa shape index (κ3) is 4.21. The Labute approximate surface area is 124 Å². The van der Waals surface area contributed by atoms with Crippen LogP contribution in [0.4, 0.5) is 0 Å². The van der Waals surface area contributed by atoms with Crippen LogP contribution < -0.4 is 10.1 Å². The number of benzene rings is 1. The number of carboxylic acid groups (broad SMARTS) is 1. The highest BCUT2D eigenvalue weighted by Gasteiger charge is 2.30. The van der Waals surface area contributed by atoms with Crippen molar-refractivity contribution in [1.82, 2.24) is 5.32 Å². The molecule has 0 saturated heterocycles. The van der Waals surface area contributed by atoms with Crippen LogP contribution in [-0.2, 0) is 4.79 Å². The van der Waals surface area contributed by atoms with Crippen molar-refractivity contribution < 1.29 is 19.4 Å². The number of nitrogens with one attached hydrogen (secondary N) is 1. The summed E-state index contributed by atoms with van der Waals surface area (Å²) >= 11 is 0. The van der Waals surface area contributed by atoms with E-state index in [1.54, 1.807) is 18.2 Å². The molecule has 0 radical (unpaired) electrons. The molecule has 0 heterocycles. The summed E-state index contributed by atoms with van der Waals surface area (Å²) < 4.78 is 5.51. The van der Waals surface area contributed by atoms with E-state index in [0.717, 1.165) is 6.42 Å². The van der Waals surface area contributed by atoms with Gasteiger partial charge in [-0.3, -0.25) is 9.59 Å². The first-order valence-corrected chi connectivity index (χ1v) is 7.36. The number of carbonyl (C=O) groups is 2. The van der Waals surface area contributed by atoms with Gasteiger partial charge in [0.1, 0.15) is 5.75 Å². The van der Waals surface area contributed by atoms with Gasteiger partial charge in [-0.2, -0.15) is 0 Å². The average molecular weight is 291 g/mol. The standard InChI is InChI=1S/C16H21NO4/c1-2-8-21-14-5-3-4-11(10-14)15(18)17-13-7-6-12(9-13)16(19)20/h3-5,10,12-13H,2,6-9H2,1H3,(H,17,18)(H,19,20)/t12-,13+/m1/s1. The largest absolute Gasteiger partial charge is 0.494 e. The number of hydrogen-bond acceptors (Lipinski definition) is 3. The predicted octanol–water partition coefficient (Wildman–Crippen LogP) is 2.46. The summed E-state index contributed by atoms with van der Waals surface area (Å²) in [6.45, 7) is 2.64. The van der Waals surface area contributed by atoms with Crippen molar-refractivity contribution in [2.24, 2.45) is 5.92 Å². The molecule has 1 aromatic rings. The van der Waals surface area contributed by atoms with Gasteiger partial charge in [-0.25, -0.2) is 0 Å². The van der Waals surface area contributed by atoms with E-state index in [9.17, 15) is 9.59 Å². The number of carbonyl (C=O) groups excluding carboxylic acids is 1. The first-order valence-electron chi connectivity index (χ1n) is 7.36. The number of ether oxygens (including phenoxy) is 1. The lowest BCUT2D eigenvalue weighted by molar-refractivity contribution is -0.141. The molecule has 0 spiro atoms. The zero-order valence-corrected chi connectivity index (χ0v) is 12.2. The average Bonchev–Trinajstić information content (AvgIpc) is 2.94. The predicted molar refractivity (Wildman–Crippen MR) is 78.5 cm³/mol. The molecule has 0 aliphatic heterocycles. The maximum Gasteiger partial charge on any atom is 0.306 e. The molecule has 0 unspecified atom stereocenters. The minimum absolute atomic E-state index is 0.0567. The summed E-state index contributed by atoms with van der Waals surface area (Å²) in [6.07, 6.45) is 2.76. The van der Waals surface area contributed by atoms with E-state index in [1.807, 2.05) is 13.0 Å². The second-order valence-electron chi connectivity index (χ2n) is 5.39. The van der Waals surface area contributed by atoms with Crippen LogP contribution in [0.2, 0.25) is 0 Å². The van der Waals surface area contributed by atoms with Crippen LogP contribution in [-0.4, -0.2) is 29.6 Å². The van der Waals surface area contributed by atoms with Crippen LogP contribution in [0.1, 0.15) is 43.0 Å². The third-order valence-electron chi connectivity index (χ3n) is 3.69. The first kappa shape index (κ1) is 15.4. The number of hydrogen-bond donors (Lipinski definition) is 2. The molecule has 2 N–H and O–H groups in total. The van der Waals surface area contributed by atoms with Crippen molar-refractivity contribution in [3.8, 4) is 5.75 Å². The minimum Gasteiger partial charge on any atom is -0.494 e. The van der Waals surface area contributed by atoms with E-state index in [1.165, 1.54) is 0 Å². The number of amides is 1. The van der Waals surface area contributed by atoms with Gasteiger partial charge in [0.05, 0.1) is 12.5 Å². The molecule has 1 aromatic carbocycles. The second kappa shape index (κ2) is 7.11. The number of rotatable bonds is 6. The highest BCUT2D eigenvalue weighted by Crippen LogP contribution is 2.26. The number of carboxylic acids is 1. The maximum atomic E-state index is 12.2. The summed E-state index contributed by atoms with van der Waals surface area (Å²) in [5.74, 6) is -0.608. The van der Waals surface area contributed by atoms with E-state index in [2.05, 4.69) is 5.32 Å². The van der Waals surface area contributed by atoms with Gasteiger partial charge in [0.2, 0.25) is 0 Å². The fourth-order valence-corrected chi connectivity index (χ4v) is 2.55. The van der Waals surface area contributed by atoms with Crippen molar-refractivity contribution in [3.63, 3.8) is 0 Å². The van der Waals surface area contributed by atoms with E-state index in [-0.39, 0.29) is 17.9 Å². The molecule has 0 bridgehead atoms. The summed E-state index contributed by atoms with van der Waals surface area (Å²) in [5.41, 5.74) is 0.544. The summed E-state index contributed by atoms with van der Waals surface area (Å²) in [7, 11) is 0. The van der Waals surface area contributed by atoms with Crippen LogP contribution in [0.15, 0.2) is 24.3 Å². The van der Waals surface area contributed by atoms with Gasteiger partial charge in [0.15, 0.2) is 0 Å². The topological polar surface area (TPSA) is 75.6 Å². The van der Waals surface area contributed by atoms with Crippen molar-refractivity contribution in [2.45, 2.75) is 38.6 Å². The molecule has 1 amide bonds. The van der Waals surface area contributed by atoms with E-state index < -0.39 is 5.97 Å². The van der Waals surface area contributed by atoms with Crippen LogP contribution in [0.3, 0.4) is 0 Å². The Kier molecular flexibility index (Phi) is 5.20. The highest BCUT2D eigenvalue weighted by molar-refractivity contribution is 5.94. The van der Waals surface area contributed by atoms with Crippen molar-refractivity contribution in [3.05, 3.63) is 29.8 Å². The molecule has 5 heteroatoms. The second-order valence-corrected chi connectivity index (χ2v) is 5.39. The van der Waals surface area contributed by atoms with Gasteiger partial charge in [-0.15, -0.1) is 0 Å². The van der Waals surface area contributed by atoms with Crippen LogP contribution in [0.25, 0.3) is 0 Å². The van der Waals surface area contributed by atoms with Gasteiger partial charge >= 0.3 is 5.97 Å². The lowest BCUT2D eigenvalue weighted by Crippen LogP contribution is -2.33. The van der Waals surface area contributed by atoms with Gasteiger partial charge in [0, 0.05) is 11.6 Å². The van der Waals surface area contributed by atoms with E-state index >= 15 is 0 Å². The Bertz CT molecular complexity index is 515. The molecule has 21 heavy (non-hydrogen) atoms. The highest BCUT2D eigenvalue weighted by atomic mass is 16.5. The van der Waals surface area contributed by atoms with Crippen LogP contribution >= 0.6 is 0 Å². The fourth-order valence-electron chi connectivity index (χ4n) is 2.55.